The fourth-order valence-electron chi connectivity index (χ4n) is 5.70. The number of hydrogen-bond acceptors (Lipinski definition) is 11. The van der Waals surface area contributed by atoms with Crippen LogP contribution >= 0.6 is 10.8 Å². The predicted octanol–water partition coefficient (Wildman–Crippen LogP) is 3.95. The smallest absolute Gasteiger partial charge is 0.325 e. The van der Waals surface area contributed by atoms with Crippen molar-refractivity contribution in [2.24, 2.45) is 0 Å². The number of piperazine rings is 1. The highest BCUT2D eigenvalue weighted by molar-refractivity contribution is 8.84. The summed E-state index contributed by atoms with van der Waals surface area (Å²) in [7, 11) is -2.40. The summed E-state index contributed by atoms with van der Waals surface area (Å²) in [6.45, 7) is 7.08. The first-order chi connectivity index (χ1) is 23.1. The molecule has 1 N–H and O–H groups in total. The maximum atomic E-state index is 13.8. The number of nitrogens with one attached hydrogen (secondary N) is 1. The van der Waals surface area contributed by atoms with Gasteiger partial charge in [-0.2, -0.15) is 4.31 Å². The third-order valence-corrected chi connectivity index (χ3v) is 13.7. The molecule has 48 heavy (non-hydrogen) atoms. The van der Waals surface area contributed by atoms with Gasteiger partial charge in [-0.3, -0.25) is 14.5 Å². The number of nitrogens with zero attached hydrogens (tertiary/aromatic N) is 5. The molecule has 12 nitrogen and oxygen atoms in total. The van der Waals surface area contributed by atoms with Gasteiger partial charge in [0.05, 0.1) is 34.6 Å². The van der Waals surface area contributed by atoms with E-state index in [2.05, 4.69) is 21.1 Å². The quantitative estimate of drug-likeness (QED) is 0.137. The van der Waals surface area contributed by atoms with Crippen molar-refractivity contribution in [3.05, 3.63) is 81.4 Å². The number of aryl methyl sites for hydroxylation is 2. The fourth-order valence-corrected chi connectivity index (χ4v) is 10.7. The molecule has 2 aliphatic rings. The highest BCUT2D eigenvalue weighted by Crippen LogP contribution is 2.39. The molecule has 0 radical (unpaired) electrons. The molecule has 2 aliphatic heterocycles. The summed E-state index contributed by atoms with van der Waals surface area (Å²) in [5.74, 6) is 1.28. The molecule has 2 aromatic carbocycles. The van der Waals surface area contributed by atoms with Gasteiger partial charge < -0.3 is 14.5 Å². The monoisotopic (exact) mass is 728 g/mol. The first-order valence-electron chi connectivity index (χ1n) is 15.6. The molecule has 16 heteroatoms. The Morgan fingerprint density at radius 3 is 2.54 bits per heavy atom. The van der Waals surface area contributed by atoms with E-state index in [-0.39, 0.29) is 49.6 Å². The average molecular weight is 729 g/mol. The Bertz CT molecular complexity index is 2050. The van der Waals surface area contributed by atoms with Gasteiger partial charge in [-0.15, -0.1) is 5.10 Å². The molecule has 4 aromatic rings. The zero-order chi connectivity index (χ0) is 34.0. The molecule has 0 aliphatic carbocycles. The van der Waals surface area contributed by atoms with Gasteiger partial charge in [0.25, 0.3) is 5.56 Å². The zero-order valence-corrected chi connectivity index (χ0v) is 30.0. The van der Waals surface area contributed by atoms with Gasteiger partial charge in [0.2, 0.25) is 10.0 Å². The summed E-state index contributed by atoms with van der Waals surface area (Å²) in [5, 5.41) is 6.92. The number of aromatic amines is 1. The number of ether oxygens (including phenoxy) is 2. The number of fused-ring (bicyclic) bond motifs is 1. The molecule has 0 saturated carbocycles. The Morgan fingerprint density at radius 1 is 1.12 bits per heavy atom. The lowest BCUT2D eigenvalue weighted by atomic mass is 10.1. The van der Waals surface area contributed by atoms with E-state index in [0.717, 1.165) is 12.0 Å². The van der Waals surface area contributed by atoms with E-state index in [1.165, 1.54) is 21.0 Å². The molecular weight excluding hydrogens is 693 g/mol. The topological polar surface area (TPSA) is 139 Å². The number of carbonyl (C=O) groups excluding carboxylic acids is 1. The van der Waals surface area contributed by atoms with Crippen molar-refractivity contribution in [2.45, 2.75) is 43.8 Å². The van der Waals surface area contributed by atoms with E-state index >= 15 is 0 Å². The Labute approximate surface area is 289 Å². The molecule has 2 atom stereocenters. The molecule has 0 bridgehead atoms. The van der Waals surface area contributed by atoms with E-state index in [0.29, 0.717) is 60.2 Å². The fraction of sp³-hybridized carbons (Fsp3) is 0.375. The van der Waals surface area contributed by atoms with Crippen LogP contribution in [0.2, 0.25) is 0 Å². The first kappa shape index (κ1) is 34.5. The number of H-pyrrole nitrogens is 1. The predicted molar refractivity (Wildman–Crippen MR) is 190 cm³/mol. The van der Waals surface area contributed by atoms with Gasteiger partial charge in [-0.05, 0) is 81.2 Å². The van der Waals surface area contributed by atoms with Crippen molar-refractivity contribution in [3.63, 3.8) is 0 Å². The number of rotatable bonds is 11. The van der Waals surface area contributed by atoms with E-state index in [1.807, 2.05) is 36.3 Å². The molecular formula is C32H36N6O6S4. The summed E-state index contributed by atoms with van der Waals surface area (Å²) in [5.41, 5.74) is 2.01. The molecule has 1 fully saturated rings. The molecule has 254 valence electrons. The summed E-state index contributed by atoms with van der Waals surface area (Å²) in [6.07, 6.45) is 3.54. The van der Waals surface area contributed by atoms with Crippen LogP contribution in [0.3, 0.4) is 0 Å². The minimum atomic E-state index is -3.92. The Kier molecular flexibility index (Phi) is 10.5. The number of carbonyl (C=O) groups is 1. The van der Waals surface area contributed by atoms with Gasteiger partial charge >= 0.3 is 5.97 Å². The maximum Gasteiger partial charge on any atom is 0.325 e. The SMILES string of the molecule is CCCc1nc(C)c2c(=O)[nH]c(-c3cc(S(=O)(=O)N4CCN(CC(=O)Oc5ccc(C6C=CS(=S)S6)cc5)CC4)ccc3OCC)nn12. The number of imidazole rings is 1. The van der Waals surface area contributed by atoms with Crippen molar-refractivity contribution in [1.29, 1.82) is 0 Å². The van der Waals surface area contributed by atoms with Crippen LogP contribution in [-0.2, 0) is 40.9 Å². The summed E-state index contributed by atoms with van der Waals surface area (Å²) in [6, 6.07) is 12.0. The van der Waals surface area contributed by atoms with Crippen molar-refractivity contribution >= 4 is 52.0 Å². The van der Waals surface area contributed by atoms with Gasteiger partial charge in [-0.1, -0.05) is 35.9 Å². The minimum absolute atomic E-state index is 0.0397. The maximum absolute atomic E-state index is 13.8. The Hall–Kier alpha value is -3.41. The summed E-state index contributed by atoms with van der Waals surface area (Å²) < 4.78 is 42.0. The standard InChI is InChI=1S/C32H36N6O6S4/c1-4-6-28-33-21(3)30-32(40)34-31(35-38(28)30)25-19-24(11-12-26(25)43-5-2)48(41,42)37-16-14-36(15-17-37)20-29(39)44-23-9-7-22(8-10-23)27-13-18-47(45)46-27/h7-13,18-19,27H,4-6,14-17,20H2,1-3H3,(H,34,35,40). The van der Waals surface area contributed by atoms with Gasteiger partial charge in [0.1, 0.15) is 17.3 Å². The van der Waals surface area contributed by atoms with Crippen molar-refractivity contribution in [1.82, 2.24) is 28.8 Å². The molecule has 2 aromatic heterocycles. The second-order valence-electron chi connectivity index (χ2n) is 11.3. The highest BCUT2D eigenvalue weighted by Gasteiger charge is 2.31. The van der Waals surface area contributed by atoms with Crippen LogP contribution in [0.15, 0.2) is 63.6 Å². The number of sulfonamides is 1. The van der Waals surface area contributed by atoms with Crippen LogP contribution in [0.4, 0.5) is 0 Å². The van der Waals surface area contributed by atoms with E-state index in [1.54, 1.807) is 35.9 Å². The van der Waals surface area contributed by atoms with Gasteiger partial charge in [0.15, 0.2) is 11.3 Å². The normalized spacial score (nSPS) is 18.8. The van der Waals surface area contributed by atoms with Gasteiger partial charge in [-0.25, -0.2) is 17.9 Å². The molecule has 0 amide bonds. The molecule has 6 rings (SSSR count). The van der Waals surface area contributed by atoms with Crippen LogP contribution in [0.1, 0.15) is 42.6 Å². The minimum Gasteiger partial charge on any atom is -0.493 e. The summed E-state index contributed by atoms with van der Waals surface area (Å²) in [4.78, 5) is 35.1. The van der Waals surface area contributed by atoms with Crippen LogP contribution in [0.5, 0.6) is 11.5 Å². The van der Waals surface area contributed by atoms with Crippen molar-refractivity contribution in [2.75, 3.05) is 39.3 Å². The number of benzene rings is 2. The van der Waals surface area contributed by atoms with E-state index in [4.69, 9.17) is 20.7 Å². The molecule has 1 saturated heterocycles. The Balaban J connectivity index is 1.14. The second-order valence-corrected chi connectivity index (χ2v) is 18.1. The zero-order valence-electron chi connectivity index (χ0n) is 26.7. The number of hydrogen-bond donors (Lipinski definition) is 1. The number of aromatic nitrogens is 4. The van der Waals surface area contributed by atoms with Crippen LogP contribution in [-0.4, -0.2) is 82.5 Å². The third-order valence-electron chi connectivity index (χ3n) is 8.05. The molecule has 2 unspecified atom stereocenters. The average Bonchev–Trinajstić information content (AvgIpc) is 3.64. The van der Waals surface area contributed by atoms with Crippen molar-refractivity contribution in [3.8, 4) is 22.9 Å². The molecule has 0 spiro atoms. The first-order valence-corrected chi connectivity index (χ1v) is 20.7. The molecule has 4 heterocycles. The van der Waals surface area contributed by atoms with Gasteiger partial charge in [0, 0.05) is 32.6 Å². The largest absolute Gasteiger partial charge is 0.493 e. The third kappa shape index (κ3) is 7.28. The Morgan fingerprint density at radius 2 is 1.88 bits per heavy atom. The second kappa shape index (κ2) is 14.6. The van der Waals surface area contributed by atoms with Crippen molar-refractivity contribution < 1.29 is 22.7 Å². The van der Waals surface area contributed by atoms with Crippen LogP contribution < -0.4 is 15.0 Å². The van der Waals surface area contributed by atoms with Crippen LogP contribution in [0.25, 0.3) is 16.9 Å². The van der Waals surface area contributed by atoms with E-state index in [9.17, 15) is 18.0 Å². The lowest BCUT2D eigenvalue weighted by Crippen LogP contribution is -2.50. The lowest BCUT2D eigenvalue weighted by molar-refractivity contribution is -0.135. The van der Waals surface area contributed by atoms with E-state index < -0.39 is 16.0 Å². The lowest BCUT2D eigenvalue weighted by Gasteiger charge is -2.33. The highest BCUT2D eigenvalue weighted by atomic mass is 33.3. The van der Waals surface area contributed by atoms with Crippen LogP contribution in [0, 0.1) is 6.92 Å². The summed E-state index contributed by atoms with van der Waals surface area (Å²) >= 11 is 5.33. The number of esters is 1.